The monoisotopic (exact) mass is 524 g/mol. The van der Waals surface area contributed by atoms with Crippen molar-refractivity contribution in [2.75, 3.05) is 19.7 Å². The van der Waals surface area contributed by atoms with E-state index in [2.05, 4.69) is 21.3 Å². The molecule has 0 saturated carbocycles. The lowest BCUT2D eigenvalue weighted by Gasteiger charge is -2.27. The maximum Gasteiger partial charge on any atom is 0.305 e. The van der Waals surface area contributed by atoms with E-state index in [1.807, 2.05) is 55.5 Å². The number of aliphatic carboxylic acids is 1. The Morgan fingerprint density at radius 3 is 2.39 bits per heavy atom. The molecule has 204 valence electrons. The maximum atomic E-state index is 13.2. The number of carboxylic acid groups (broad SMARTS) is 1. The van der Waals surface area contributed by atoms with Gasteiger partial charge in [0.05, 0.1) is 13.0 Å². The van der Waals surface area contributed by atoms with Crippen LogP contribution in [0.5, 0.6) is 5.75 Å². The van der Waals surface area contributed by atoms with Crippen molar-refractivity contribution in [3.8, 4) is 5.75 Å². The Kier molecular flexibility index (Phi) is 10.7. The molecule has 5 N–H and O–H groups in total. The van der Waals surface area contributed by atoms with Crippen LogP contribution in [0.3, 0.4) is 0 Å². The van der Waals surface area contributed by atoms with E-state index in [4.69, 9.17) is 9.84 Å². The summed E-state index contributed by atoms with van der Waals surface area (Å²) in [5.41, 5.74) is 2.86. The van der Waals surface area contributed by atoms with Crippen LogP contribution in [0.4, 0.5) is 0 Å². The van der Waals surface area contributed by atoms with Gasteiger partial charge in [-0.25, -0.2) is 0 Å². The average Bonchev–Trinajstić information content (AvgIpc) is 2.85. The van der Waals surface area contributed by atoms with Gasteiger partial charge in [0.25, 0.3) is 0 Å². The van der Waals surface area contributed by atoms with E-state index >= 15 is 0 Å². The van der Waals surface area contributed by atoms with E-state index in [9.17, 15) is 19.2 Å². The molecule has 2 aromatic carbocycles. The van der Waals surface area contributed by atoms with E-state index in [1.165, 1.54) is 6.92 Å². The van der Waals surface area contributed by atoms with Gasteiger partial charge in [0.15, 0.2) is 0 Å². The summed E-state index contributed by atoms with van der Waals surface area (Å²) in [6.45, 7) is 5.89. The molecular weight excluding hydrogens is 488 g/mol. The Morgan fingerprint density at radius 2 is 1.76 bits per heavy atom. The van der Waals surface area contributed by atoms with Crippen LogP contribution in [0, 0.1) is 12.8 Å². The molecule has 10 heteroatoms. The minimum Gasteiger partial charge on any atom is -0.493 e. The van der Waals surface area contributed by atoms with E-state index < -0.39 is 42.2 Å². The van der Waals surface area contributed by atoms with Crippen molar-refractivity contribution in [3.63, 3.8) is 0 Å². The molecule has 1 saturated heterocycles. The minimum atomic E-state index is -1.29. The average molecular weight is 525 g/mol. The molecule has 1 heterocycles. The summed E-state index contributed by atoms with van der Waals surface area (Å²) in [5, 5.41) is 20.3. The highest BCUT2D eigenvalue weighted by atomic mass is 16.5. The van der Waals surface area contributed by atoms with Gasteiger partial charge >= 0.3 is 5.97 Å². The third kappa shape index (κ3) is 9.19. The maximum absolute atomic E-state index is 13.2. The van der Waals surface area contributed by atoms with Crippen LogP contribution >= 0.6 is 0 Å². The molecule has 0 bridgehead atoms. The number of ether oxygens (including phenoxy) is 1. The fraction of sp³-hybridized carbons (Fsp3) is 0.429. The van der Waals surface area contributed by atoms with E-state index in [-0.39, 0.29) is 6.54 Å². The molecule has 2 atom stereocenters. The van der Waals surface area contributed by atoms with Gasteiger partial charge in [0.1, 0.15) is 17.8 Å². The largest absolute Gasteiger partial charge is 0.493 e. The zero-order valence-corrected chi connectivity index (χ0v) is 21.8. The van der Waals surface area contributed by atoms with Gasteiger partial charge in [0.2, 0.25) is 17.7 Å². The number of hydrogen-bond donors (Lipinski definition) is 5. The van der Waals surface area contributed by atoms with Gasteiger partial charge in [0, 0.05) is 32.5 Å². The van der Waals surface area contributed by atoms with Gasteiger partial charge in [-0.15, -0.1) is 0 Å². The second kappa shape index (κ2) is 14.1. The molecule has 0 unspecified atom stereocenters. The zero-order chi connectivity index (χ0) is 27.5. The summed E-state index contributed by atoms with van der Waals surface area (Å²) in [6, 6.07) is 13.0. The molecular formula is C28H36N4O6. The van der Waals surface area contributed by atoms with E-state index in [1.54, 1.807) is 0 Å². The molecule has 1 fully saturated rings. The lowest BCUT2D eigenvalue weighted by atomic mass is 10.0. The molecule has 38 heavy (non-hydrogen) atoms. The van der Waals surface area contributed by atoms with Crippen LogP contribution in [0.1, 0.15) is 36.5 Å². The summed E-state index contributed by atoms with van der Waals surface area (Å²) in [6.07, 6.45) is 0.210. The highest BCUT2D eigenvalue weighted by Crippen LogP contribution is 2.19. The topological polar surface area (TPSA) is 146 Å². The highest BCUT2D eigenvalue weighted by Gasteiger charge is 2.28. The van der Waals surface area contributed by atoms with Crippen molar-refractivity contribution in [1.82, 2.24) is 21.3 Å². The van der Waals surface area contributed by atoms with Gasteiger partial charge < -0.3 is 31.1 Å². The van der Waals surface area contributed by atoms with Crippen molar-refractivity contribution in [3.05, 3.63) is 65.2 Å². The number of carbonyl (C=O) groups excluding carboxylic acids is 3. The zero-order valence-electron chi connectivity index (χ0n) is 21.8. The second-order valence-electron chi connectivity index (χ2n) is 9.58. The molecule has 0 radical (unpaired) electrons. The molecule has 0 aliphatic carbocycles. The van der Waals surface area contributed by atoms with Gasteiger partial charge in [-0.1, -0.05) is 36.4 Å². The number of amides is 3. The summed E-state index contributed by atoms with van der Waals surface area (Å²) in [7, 11) is 0. The first-order valence-corrected chi connectivity index (χ1v) is 12.7. The molecule has 1 aliphatic rings. The van der Waals surface area contributed by atoms with Crippen LogP contribution in [0.25, 0.3) is 0 Å². The Hall–Kier alpha value is -3.92. The fourth-order valence-electron chi connectivity index (χ4n) is 4.04. The molecule has 0 spiro atoms. The third-order valence-corrected chi connectivity index (χ3v) is 6.40. The minimum absolute atomic E-state index is 0.231. The number of hydrogen-bond acceptors (Lipinski definition) is 6. The SMILES string of the molecule is CC(=O)N[C@@H](CC(=O)O)C(=O)N[C@@H](CCc1ccccc1)C(=O)NCc1cc(OCC2CNC2)ccc1C. The van der Waals surface area contributed by atoms with Crippen molar-refractivity contribution in [2.24, 2.45) is 5.92 Å². The first-order valence-electron chi connectivity index (χ1n) is 12.7. The molecule has 3 amide bonds. The normalized spacial score (nSPS) is 14.5. The number of benzene rings is 2. The Labute approximate surface area is 222 Å². The van der Waals surface area contributed by atoms with Crippen molar-refractivity contribution >= 4 is 23.7 Å². The summed E-state index contributed by atoms with van der Waals surface area (Å²) >= 11 is 0. The van der Waals surface area contributed by atoms with Crippen LogP contribution in [-0.2, 0) is 32.1 Å². The van der Waals surface area contributed by atoms with Crippen LogP contribution in [0.15, 0.2) is 48.5 Å². The number of nitrogens with one attached hydrogen (secondary N) is 4. The molecule has 2 aromatic rings. The number of carboxylic acids is 1. The van der Waals surface area contributed by atoms with Crippen LogP contribution in [-0.4, -0.2) is 60.6 Å². The lowest BCUT2D eigenvalue weighted by molar-refractivity contribution is -0.140. The van der Waals surface area contributed by atoms with E-state index in [0.29, 0.717) is 25.4 Å². The summed E-state index contributed by atoms with van der Waals surface area (Å²) in [4.78, 5) is 48.9. The first-order chi connectivity index (χ1) is 18.2. The van der Waals surface area contributed by atoms with Gasteiger partial charge in [-0.2, -0.15) is 0 Å². The van der Waals surface area contributed by atoms with Crippen LogP contribution < -0.4 is 26.0 Å². The number of rotatable bonds is 14. The number of aryl methyl sites for hydroxylation is 2. The molecule has 1 aliphatic heterocycles. The quantitative estimate of drug-likeness (QED) is 0.250. The van der Waals surface area contributed by atoms with Crippen molar-refractivity contribution < 1.29 is 29.0 Å². The Balaban J connectivity index is 1.67. The smallest absolute Gasteiger partial charge is 0.305 e. The van der Waals surface area contributed by atoms with Crippen LogP contribution in [0.2, 0.25) is 0 Å². The van der Waals surface area contributed by atoms with E-state index in [0.717, 1.165) is 35.5 Å². The Morgan fingerprint density at radius 1 is 1.03 bits per heavy atom. The Bertz CT molecular complexity index is 1100. The molecule has 0 aromatic heterocycles. The van der Waals surface area contributed by atoms with Gasteiger partial charge in [-0.05, 0) is 48.6 Å². The molecule has 10 nitrogen and oxygen atoms in total. The summed E-state index contributed by atoms with van der Waals surface area (Å²) < 4.78 is 5.90. The third-order valence-electron chi connectivity index (χ3n) is 6.40. The summed E-state index contributed by atoms with van der Waals surface area (Å²) in [5.74, 6) is -1.69. The standard InChI is InChI=1S/C28H36N4O6/c1-18-8-10-23(38-17-21-14-29-15-21)12-22(18)16-30-27(36)24(11-9-20-6-4-3-5-7-20)32-28(37)25(13-26(34)35)31-19(2)33/h3-8,10,12,21,24-25,29H,9,11,13-17H2,1-2H3,(H,30,36)(H,31,33)(H,32,37)(H,34,35)/t24-,25-/m0/s1. The fourth-order valence-corrected chi connectivity index (χ4v) is 4.04. The van der Waals surface area contributed by atoms with Gasteiger partial charge in [-0.3, -0.25) is 19.2 Å². The lowest BCUT2D eigenvalue weighted by Crippen LogP contribution is -2.54. The second-order valence-corrected chi connectivity index (χ2v) is 9.58. The predicted molar refractivity (Wildman–Crippen MR) is 141 cm³/mol. The van der Waals surface area contributed by atoms with Crippen molar-refractivity contribution in [2.45, 2.75) is 51.7 Å². The van der Waals surface area contributed by atoms with Crippen molar-refractivity contribution in [1.29, 1.82) is 0 Å². The molecule has 3 rings (SSSR count). The highest BCUT2D eigenvalue weighted by molar-refractivity contribution is 5.93. The predicted octanol–water partition coefficient (Wildman–Crippen LogP) is 1.31. The number of carbonyl (C=O) groups is 4. The first kappa shape index (κ1) is 28.6.